The van der Waals surface area contributed by atoms with E-state index in [0.29, 0.717) is 11.7 Å². The first-order valence-corrected chi connectivity index (χ1v) is 6.64. The molecular weight excluding hydrogens is 264 g/mol. The second kappa shape index (κ2) is 4.56. The van der Waals surface area contributed by atoms with E-state index >= 15 is 0 Å². The molecular formula is C16H12N4O. The maximum Gasteiger partial charge on any atom is 0.258 e. The van der Waals surface area contributed by atoms with Crippen molar-refractivity contribution in [1.29, 1.82) is 0 Å². The van der Waals surface area contributed by atoms with E-state index < -0.39 is 0 Å². The Morgan fingerprint density at radius 3 is 2.90 bits per heavy atom. The monoisotopic (exact) mass is 276 g/mol. The summed E-state index contributed by atoms with van der Waals surface area (Å²) in [4.78, 5) is 11.7. The number of rotatable bonds is 2. The summed E-state index contributed by atoms with van der Waals surface area (Å²) < 4.78 is 5.37. The molecule has 21 heavy (non-hydrogen) atoms. The summed E-state index contributed by atoms with van der Waals surface area (Å²) in [5.74, 6) is 1.10. The Kier molecular flexibility index (Phi) is 2.57. The van der Waals surface area contributed by atoms with Crippen molar-refractivity contribution in [2.45, 2.75) is 6.92 Å². The van der Waals surface area contributed by atoms with Crippen LogP contribution >= 0.6 is 0 Å². The summed E-state index contributed by atoms with van der Waals surface area (Å²) in [6, 6.07) is 13.8. The van der Waals surface area contributed by atoms with Crippen molar-refractivity contribution in [3.8, 4) is 22.8 Å². The second-order valence-corrected chi connectivity index (χ2v) is 4.93. The standard InChI is InChI=1S/C16H12N4O/c1-10-3-2-4-12(7-10)16-19-15(20-21-16)11-5-6-13-14(8-11)18-9-17-13/h2-9H,1H3,(H,17,18). The number of nitrogens with zero attached hydrogens (tertiary/aromatic N) is 3. The van der Waals surface area contributed by atoms with Gasteiger partial charge in [-0.15, -0.1) is 0 Å². The average molecular weight is 276 g/mol. The fourth-order valence-corrected chi connectivity index (χ4v) is 2.31. The van der Waals surface area contributed by atoms with Crippen molar-refractivity contribution in [1.82, 2.24) is 20.1 Å². The third-order valence-corrected chi connectivity index (χ3v) is 3.37. The molecule has 0 atom stereocenters. The molecule has 0 radical (unpaired) electrons. The van der Waals surface area contributed by atoms with Crippen LogP contribution < -0.4 is 0 Å². The summed E-state index contributed by atoms with van der Waals surface area (Å²) in [5.41, 5.74) is 4.85. The third-order valence-electron chi connectivity index (χ3n) is 3.37. The zero-order valence-electron chi connectivity index (χ0n) is 11.4. The van der Waals surface area contributed by atoms with Gasteiger partial charge in [0.05, 0.1) is 17.4 Å². The normalized spacial score (nSPS) is 11.1. The van der Waals surface area contributed by atoms with E-state index in [1.807, 2.05) is 49.4 Å². The van der Waals surface area contributed by atoms with Gasteiger partial charge in [-0.05, 0) is 37.3 Å². The minimum Gasteiger partial charge on any atom is -0.345 e. The summed E-state index contributed by atoms with van der Waals surface area (Å²) in [5, 5.41) is 4.06. The van der Waals surface area contributed by atoms with Crippen LogP contribution in [-0.2, 0) is 0 Å². The van der Waals surface area contributed by atoms with Crippen LogP contribution in [0.2, 0.25) is 0 Å². The van der Waals surface area contributed by atoms with Gasteiger partial charge in [-0.25, -0.2) is 4.98 Å². The summed E-state index contributed by atoms with van der Waals surface area (Å²) in [7, 11) is 0. The van der Waals surface area contributed by atoms with Crippen LogP contribution in [0.1, 0.15) is 5.56 Å². The molecule has 0 fully saturated rings. The molecule has 0 saturated heterocycles. The topological polar surface area (TPSA) is 67.6 Å². The van der Waals surface area contributed by atoms with Crippen LogP contribution in [0, 0.1) is 6.92 Å². The summed E-state index contributed by atoms with van der Waals surface area (Å²) in [6.07, 6.45) is 1.67. The van der Waals surface area contributed by atoms with E-state index in [2.05, 4.69) is 20.1 Å². The van der Waals surface area contributed by atoms with Crippen LogP contribution in [0.3, 0.4) is 0 Å². The van der Waals surface area contributed by atoms with Crippen LogP contribution in [0.5, 0.6) is 0 Å². The van der Waals surface area contributed by atoms with Gasteiger partial charge in [-0.3, -0.25) is 0 Å². The van der Waals surface area contributed by atoms with Gasteiger partial charge in [-0.1, -0.05) is 22.9 Å². The van der Waals surface area contributed by atoms with Crippen molar-refractivity contribution in [2.24, 2.45) is 0 Å². The van der Waals surface area contributed by atoms with E-state index in [0.717, 1.165) is 27.7 Å². The van der Waals surface area contributed by atoms with Crippen molar-refractivity contribution in [3.63, 3.8) is 0 Å². The molecule has 1 N–H and O–H groups in total. The molecule has 2 aromatic heterocycles. The number of hydrogen-bond acceptors (Lipinski definition) is 4. The average Bonchev–Trinajstić information content (AvgIpc) is 3.15. The molecule has 4 aromatic rings. The Morgan fingerprint density at radius 1 is 1.05 bits per heavy atom. The first-order chi connectivity index (χ1) is 10.3. The molecule has 0 bridgehead atoms. The van der Waals surface area contributed by atoms with Gasteiger partial charge in [0.2, 0.25) is 5.82 Å². The first-order valence-electron chi connectivity index (χ1n) is 6.64. The van der Waals surface area contributed by atoms with Crippen molar-refractivity contribution in [3.05, 3.63) is 54.4 Å². The molecule has 0 aliphatic heterocycles. The Morgan fingerprint density at radius 2 is 2.00 bits per heavy atom. The smallest absolute Gasteiger partial charge is 0.258 e. The number of aryl methyl sites for hydroxylation is 1. The predicted octanol–water partition coefficient (Wildman–Crippen LogP) is 3.59. The minimum atomic E-state index is 0.526. The van der Waals surface area contributed by atoms with Gasteiger partial charge >= 0.3 is 0 Å². The van der Waals surface area contributed by atoms with Crippen LogP contribution in [-0.4, -0.2) is 20.1 Å². The lowest BCUT2D eigenvalue weighted by molar-refractivity contribution is 0.432. The largest absolute Gasteiger partial charge is 0.345 e. The zero-order chi connectivity index (χ0) is 14.2. The van der Waals surface area contributed by atoms with Crippen molar-refractivity contribution < 1.29 is 4.52 Å². The van der Waals surface area contributed by atoms with Gasteiger partial charge in [0, 0.05) is 11.1 Å². The zero-order valence-corrected chi connectivity index (χ0v) is 11.4. The molecule has 0 amide bonds. The highest BCUT2D eigenvalue weighted by atomic mass is 16.5. The molecule has 5 heteroatoms. The number of aromatic amines is 1. The molecule has 2 heterocycles. The fraction of sp³-hybridized carbons (Fsp3) is 0.0625. The Hall–Kier alpha value is -2.95. The van der Waals surface area contributed by atoms with Gasteiger partial charge < -0.3 is 9.51 Å². The Balaban J connectivity index is 1.76. The maximum atomic E-state index is 5.37. The molecule has 0 saturated carbocycles. The van der Waals surface area contributed by atoms with Gasteiger partial charge in [0.15, 0.2) is 0 Å². The van der Waals surface area contributed by atoms with Gasteiger partial charge in [0.25, 0.3) is 5.89 Å². The molecule has 0 unspecified atom stereocenters. The van der Waals surface area contributed by atoms with Gasteiger partial charge in [-0.2, -0.15) is 4.98 Å². The lowest BCUT2D eigenvalue weighted by Gasteiger charge is -1.95. The number of benzene rings is 2. The van der Waals surface area contributed by atoms with Crippen LogP contribution in [0.25, 0.3) is 33.9 Å². The van der Waals surface area contributed by atoms with E-state index in [1.54, 1.807) is 6.33 Å². The highest BCUT2D eigenvalue weighted by molar-refractivity contribution is 5.80. The second-order valence-electron chi connectivity index (χ2n) is 4.93. The lowest BCUT2D eigenvalue weighted by Crippen LogP contribution is -1.82. The quantitative estimate of drug-likeness (QED) is 0.607. The van der Waals surface area contributed by atoms with E-state index in [1.165, 1.54) is 0 Å². The van der Waals surface area contributed by atoms with E-state index in [-0.39, 0.29) is 0 Å². The molecule has 0 aliphatic rings. The van der Waals surface area contributed by atoms with Gasteiger partial charge in [0.1, 0.15) is 0 Å². The van der Waals surface area contributed by atoms with Crippen LogP contribution in [0.15, 0.2) is 53.3 Å². The number of aromatic nitrogens is 4. The molecule has 4 rings (SSSR count). The maximum absolute atomic E-state index is 5.37. The predicted molar refractivity (Wildman–Crippen MR) is 79.6 cm³/mol. The number of H-pyrrole nitrogens is 1. The molecule has 2 aromatic carbocycles. The van der Waals surface area contributed by atoms with E-state index in [4.69, 9.17) is 4.52 Å². The first kappa shape index (κ1) is 11.8. The Bertz CT molecular complexity index is 923. The van der Waals surface area contributed by atoms with Crippen LogP contribution in [0.4, 0.5) is 0 Å². The summed E-state index contributed by atoms with van der Waals surface area (Å²) in [6.45, 7) is 2.03. The minimum absolute atomic E-state index is 0.526. The Labute approximate surface area is 120 Å². The SMILES string of the molecule is Cc1cccc(-c2nc(-c3ccc4nc[nH]c4c3)no2)c1. The molecule has 102 valence electrons. The van der Waals surface area contributed by atoms with E-state index in [9.17, 15) is 0 Å². The number of fused-ring (bicyclic) bond motifs is 1. The highest BCUT2D eigenvalue weighted by Crippen LogP contribution is 2.24. The third kappa shape index (κ3) is 2.08. The number of imidazole rings is 1. The fourth-order valence-electron chi connectivity index (χ4n) is 2.31. The molecule has 0 aliphatic carbocycles. The lowest BCUT2D eigenvalue weighted by atomic mass is 10.1. The molecule has 0 spiro atoms. The van der Waals surface area contributed by atoms with Crippen molar-refractivity contribution >= 4 is 11.0 Å². The van der Waals surface area contributed by atoms with Crippen molar-refractivity contribution in [2.75, 3.05) is 0 Å². The summed E-state index contributed by atoms with van der Waals surface area (Å²) >= 11 is 0. The number of hydrogen-bond donors (Lipinski definition) is 1. The number of nitrogens with one attached hydrogen (secondary N) is 1. The highest BCUT2D eigenvalue weighted by Gasteiger charge is 2.11. The molecule has 5 nitrogen and oxygen atoms in total.